The summed E-state index contributed by atoms with van der Waals surface area (Å²) < 4.78 is 0.261. The van der Waals surface area contributed by atoms with Crippen LogP contribution in [0.1, 0.15) is 13.8 Å². The molecular formula is C6H10Cl2N2. The third-order valence-electron chi connectivity index (χ3n) is 0.650. The molecule has 0 bridgehead atoms. The third kappa shape index (κ3) is 7.79. The predicted molar refractivity (Wildman–Crippen MR) is 46.6 cm³/mol. The summed E-state index contributed by atoms with van der Waals surface area (Å²) in [5.74, 6) is 0. The maximum Gasteiger partial charge on any atom is 0.104 e. The molecule has 0 aliphatic carbocycles. The second kappa shape index (κ2) is 5.57. The standard InChI is InChI=1S/C6H10Cl2N2/c1-5(2)10-9-4-3-6(7)8/h3,9H,4H2,1-2H3. The Morgan fingerprint density at radius 1 is 1.50 bits per heavy atom. The normalized spacial score (nSPS) is 8.40. The lowest BCUT2D eigenvalue weighted by Crippen LogP contribution is -2.06. The number of nitrogens with one attached hydrogen (secondary N) is 1. The minimum absolute atomic E-state index is 0.261. The smallest absolute Gasteiger partial charge is 0.104 e. The number of nitrogens with zero attached hydrogens (tertiary/aromatic N) is 1. The fraction of sp³-hybridized carbons (Fsp3) is 0.500. The van der Waals surface area contributed by atoms with Crippen LogP contribution in [0.3, 0.4) is 0 Å². The fourth-order valence-corrected chi connectivity index (χ4v) is 0.481. The van der Waals surface area contributed by atoms with Crippen LogP contribution < -0.4 is 5.43 Å². The van der Waals surface area contributed by atoms with Gasteiger partial charge in [0.1, 0.15) is 4.49 Å². The van der Waals surface area contributed by atoms with E-state index in [0.717, 1.165) is 5.71 Å². The first-order chi connectivity index (χ1) is 4.63. The highest BCUT2D eigenvalue weighted by molar-refractivity contribution is 6.55. The molecule has 0 aliphatic rings. The predicted octanol–water partition coefficient (Wildman–Crippen LogP) is 2.29. The quantitative estimate of drug-likeness (QED) is 0.403. The lowest BCUT2D eigenvalue weighted by atomic mass is 10.5. The third-order valence-corrected chi connectivity index (χ3v) is 0.959. The Kier molecular flexibility index (Phi) is 5.45. The SMILES string of the molecule is CC(C)=NNCC=C(Cl)Cl. The van der Waals surface area contributed by atoms with E-state index in [1.54, 1.807) is 6.08 Å². The van der Waals surface area contributed by atoms with Crippen molar-refractivity contribution < 1.29 is 0 Å². The Hall–Kier alpha value is -0.210. The van der Waals surface area contributed by atoms with Gasteiger partial charge in [0.05, 0.1) is 6.54 Å². The first kappa shape index (κ1) is 9.79. The van der Waals surface area contributed by atoms with E-state index in [9.17, 15) is 0 Å². The molecule has 4 heteroatoms. The second-order valence-electron chi connectivity index (χ2n) is 1.92. The van der Waals surface area contributed by atoms with Crippen LogP contribution in [0, 0.1) is 0 Å². The molecule has 0 aromatic rings. The zero-order chi connectivity index (χ0) is 7.98. The van der Waals surface area contributed by atoms with Gasteiger partial charge < -0.3 is 5.43 Å². The van der Waals surface area contributed by atoms with E-state index in [0.29, 0.717) is 6.54 Å². The number of hydrogen-bond acceptors (Lipinski definition) is 2. The van der Waals surface area contributed by atoms with Crippen molar-refractivity contribution in [2.75, 3.05) is 6.54 Å². The molecule has 0 aromatic heterocycles. The Morgan fingerprint density at radius 2 is 2.10 bits per heavy atom. The fourth-order valence-electron chi connectivity index (χ4n) is 0.327. The monoisotopic (exact) mass is 180 g/mol. The van der Waals surface area contributed by atoms with Gasteiger partial charge in [-0.15, -0.1) is 0 Å². The van der Waals surface area contributed by atoms with Crippen LogP contribution in [0.2, 0.25) is 0 Å². The first-order valence-electron chi connectivity index (χ1n) is 2.88. The topological polar surface area (TPSA) is 24.4 Å². The molecule has 0 aromatic carbocycles. The van der Waals surface area contributed by atoms with Crippen molar-refractivity contribution in [2.24, 2.45) is 5.10 Å². The first-order valence-corrected chi connectivity index (χ1v) is 3.63. The largest absolute Gasteiger partial charge is 0.306 e. The number of hydrogen-bond donors (Lipinski definition) is 1. The van der Waals surface area contributed by atoms with E-state index in [1.165, 1.54) is 0 Å². The lowest BCUT2D eigenvalue weighted by Gasteiger charge is -1.93. The summed E-state index contributed by atoms with van der Waals surface area (Å²) in [6.07, 6.45) is 1.63. The van der Waals surface area contributed by atoms with Gasteiger partial charge in [0.15, 0.2) is 0 Å². The second-order valence-corrected chi connectivity index (χ2v) is 2.92. The zero-order valence-corrected chi connectivity index (χ0v) is 7.50. The Bertz CT molecular complexity index is 126. The van der Waals surface area contributed by atoms with Crippen molar-refractivity contribution in [1.29, 1.82) is 0 Å². The molecule has 2 nitrogen and oxygen atoms in total. The zero-order valence-electron chi connectivity index (χ0n) is 5.99. The molecule has 10 heavy (non-hydrogen) atoms. The highest BCUT2D eigenvalue weighted by Gasteiger charge is 1.80. The molecule has 0 amide bonds. The van der Waals surface area contributed by atoms with Crippen molar-refractivity contribution in [2.45, 2.75) is 13.8 Å². The van der Waals surface area contributed by atoms with Crippen LogP contribution in [0.25, 0.3) is 0 Å². The Balaban J connectivity index is 3.39. The van der Waals surface area contributed by atoms with E-state index < -0.39 is 0 Å². The number of halogens is 2. The van der Waals surface area contributed by atoms with Crippen molar-refractivity contribution in [3.8, 4) is 0 Å². The molecule has 0 heterocycles. The van der Waals surface area contributed by atoms with Crippen LogP contribution in [0.15, 0.2) is 15.7 Å². The highest BCUT2D eigenvalue weighted by atomic mass is 35.5. The molecule has 0 unspecified atom stereocenters. The van der Waals surface area contributed by atoms with Crippen LogP contribution in [-0.4, -0.2) is 12.3 Å². The van der Waals surface area contributed by atoms with Gasteiger partial charge in [-0.1, -0.05) is 23.2 Å². The summed E-state index contributed by atoms with van der Waals surface area (Å²) in [5.41, 5.74) is 3.73. The van der Waals surface area contributed by atoms with Crippen LogP contribution in [-0.2, 0) is 0 Å². The summed E-state index contributed by atoms with van der Waals surface area (Å²) in [6.45, 7) is 4.37. The molecule has 0 rings (SSSR count). The molecule has 0 aliphatic heterocycles. The lowest BCUT2D eigenvalue weighted by molar-refractivity contribution is 0.823. The number of rotatable bonds is 3. The molecule has 58 valence electrons. The maximum absolute atomic E-state index is 5.33. The molecule has 0 atom stereocenters. The summed E-state index contributed by atoms with van der Waals surface area (Å²) in [5, 5.41) is 3.90. The van der Waals surface area contributed by atoms with Crippen molar-refractivity contribution in [1.82, 2.24) is 5.43 Å². The molecular weight excluding hydrogens is 171 g/mol. The summed E-state index contributed by atoms with van der Waals surface area (Å²) >= 11 is 10.7. The number of hydrazone groups is 1. The Labute approximate surface area is 70.9 Å². The van der Waals surface area contributed by atoms with E-state index in [-0.39, 0.29) is 4.49 Å². The van der Waals surface area contributed by atoms with Crippen molar-refractivity contribution in [3.05, 3.63) is 10.6 Å². The van der Waals surface area contributed by atoms with Gasteiger partial charge in [0.2, 0.25) is 0 Å². The van der Waals surface area contributed by atoms with Gasteiger partial charge in [-0.3, -0.25) is 0 Å². The maximum atomic E-state index is 5.33. The molecule has 0 saturated carbocycles. The van der Waals surface area contributed by atoms with Gasteiger partial charge in [-0.05, 0) is 19.9 Å². The van der Waals surface area contributed by atoms with E-state index in [1.807, 2.05) is 13.8 Å². The van der Waals surface area contributed by atoms with Crippen LogP contribution in [0.5, 0.6) is 0 Å². The summed E-state index contributed by atoms with van der Waals surface area (Å²) in [7, 11) is 0. The Morgan fingerprint density at radius 3 is 2.50 bits per heavy atom. The van der Waals surface area contributed by atoms with Crippen LogP contribution in [0.4, 0.5) is 0 Å². The molecule has 0 radical (unpaired) electrons. The average molecular weight is 181 g/mol. The molecule has 1 N–H and O–H groups in total. The van der Waals surface area contributed by atoms with E-state index in [4.69, 9.17) is 23.2 Å². The van der Waals surface area contributed by atoms with Gasteiger partial charge in [-0.2, -0.15) is 5.10 Å². The molecule has 0 fully saturated rings. The van der Waals surface area contributed by atoms with Gasteiger partial charge >= 0.3 is 0 Å². The summed E-state index contributed by atoms with van der Waals surface area (Å²) in [4.78, 5) is 0. The van der Waals surface area contributed by atoms with Crippen molar-refractivity contribution in [3.63, 3.8) is 0 Å². The molecule has 0 saturated heterocycles. The van der Waals surface area contributed by atoms with E-state index >= 15 is 0 Å². The minimum Gasteiger partial charge on any atom is -0.306 e. The summed E-state index contributed by atoms with van der Waals surface area (Å²) in [6, 6.07) is 0. The van der Waals surface area contributed by atoms with Gasteiger partial charge in [0, 0.05) is 5.71 Å². The van der Waals surface area contributed by atoms with E-state index in [2.05, 4.69) is 10.5 Å². The van der Waals surface area contributed by atoms with Crippen molar-refractivity contribution >= 4 is 28.9 Å². The van der Waals surface area contributed by atoms with Crippen LogP contribution >= 0.6 is 23.2 Å². The van der Waals surface area contributed by atoms with Gasteiger partial charge in [0.25, 0.3) is 0 Å². The van der Waals surface area contributed by atoms with Gasteiger partial charge in [-0.25, -0.2) is 0 Å². The minimum atomic E-state index is 0.261. The molecule has 0 spiro atoms. The highest BCUT2D eigenvalue weighted by Crippen LogP contribution is 2.03. The average Bonchev–Trinajstić information content (AvgIpc) is 1.79.